The molecule has 9 heteroatoms. The molecule has 0 atom stereocenters. The Hall–Kier alpha value is -2.49. The van der Waals surface area contributed by atoms with Gasteiger partial charge in [0.25, 0.3) is 0 Å². The number of hydrogen-bond donors (Lipinski definition) is 1. The fourth-order valence-corrected chi connectivity index (χ4v) is 4.53. The molecule has 3 rings (SSSR count). The lowest BCUT2D eigenvalue weighted by molar-refractivity contribution is 0.414. The number of methoxy groups -OCH3 is 1. The Labute approximate surface area is 175 Å². The standard InChI is InChI=1S/C20H24N4O3S2/c1-15-6-4-5-7-16(15)14-19-22-20(28-23-19)21-12-13-24(2)29(25,26)18-10-8-17(27-3)9-11-18/h4-11H,12-14H2,1-3H3,(H,21,22,23). The van der Waals surface area contributed by atoms with Gasteiger partial charge in [0.2, 0.25) is 15.2 Å². The van der Waals surface area contributed by atoms with Gasteiger partial charge in [-0.15, -0.1) is 0 Å². The summed E-state index contributed by atoms with van der Waals surface area (Å²) in [4.78, 5) is 4.73. The van der Waals surface area contributed by atoms with Crippen molar-refractivity contribution in [3.8, 4) is 5.75 Å². The van der Waals surface area contributed by atoms with E-state index in [1.54, 1.807) is 38.4 Å². The van der Waals surface area contributed by atoms with Crippen LogP contribution >= 0.6 is 11.5 Å². The Kier molecular flexibility index (Phi) is 6.83. The average Bonchev–Trinajstić information content (AvgIpc) is 3.17. The predicted octanol–water partition coefficient (Wildman–Crippen LogP) is 3.18. The third kappa shape index (κ3) is 5.31. The smallest absolute Gasteiger partial charge is 0.242 e. The molecular formula is C20H24N4O3S2. The van der Waals surface area contributed by atoms with Crippen molar-refractivity contribution in [2.45, 2.75) is 18.2 Å². The quantitative estimate of drug-likeness (QED) is 0.559. The number of sulfonamides is 1. The van der Waals surface area contributed by atoms with E-state index in [1.807, 2.05) is 12.1 Å². The van der Waals surface area contributed by atoms with Crippen LogP contribution in [0, 0.1) is 6.92 Å². The number of hydrogen-bond acceptors (Lipinski definition) is 7. The lowest BCUT2D eigenvalue weighted by Gasteiger charge is -2.17. The molecule has 0 bridgehead atoms. The molecule has 0 fully saturated rings. The molecular weight excluding hydrogens is 408 g/mol. The normalized spacial score (nSPS) is 11.6. The van der Waals surface area contributed by atoms with Gasteiger partial charge in [-0.2, -0.15) is 8.68 Å². The van der Waals surface area contributed by atoms with Gasteiger partial charge < -0.3 is 10.1 Å². The van der Waals surface area contributed by atoms with Gasteiger partial charge in [-0.05, 0) is 42.3 Å². The highest BCUT2D eigenvalue weighted by atomic mass is 32.2. The van der Waals surface area contributed by atoms with Crippen LogP contribution in [0.4, 0.5) is 5.13 Å². The molecule has 0 radical (unpaired) electrons. The van der Waals surface area contributed by atoms with Gasteiger partial charge in [-0.1, -0.05) is 24.3 Å². The Bertz CT molecular complexity index is 1050. The SMILES string of the molecule is COc1ccc(S(=O)(=O)N(C)CCNc2nc(Cc3ccccc3C)ns2)cc1. The molecule has 29 heavy (non-hydrogen) atoms. The second-order valence-corrected chi connectivity index (χ2v) is 9.34. The van der Waals surface area contributed by atoms with Crippen LogP contribution in [0.2, 0.25) is 0 Å². The van der Waals surface area contributed by atoms with Crippen molar-refractivity contribution in [3.63, 3.8) is 0 Å². The zero-order valence-corrected chi connectivity index (χ0v) is 18.3. The van der Waals surface area contributed by atoms with Gasteiger partial charge in [0.15, 0.2) is 0 Å². The van der Waals surface area contributed by atoms with Crippen molar-refractivity contribution >= 4 is 26.7 Å². The molecule has 2 aromatic carbocycles. The summed E-state index contributed by atoms with van der Waals surface area (Å²) < 4.78 is 36.1. The van der Waals surface area contributed by atoms with E-state index in [9.17, 15) is 8.42 Å². The van der Waals surface area contributed by atoms with E-state index in [4.69, 9.17) is 4.74 Å². The fraction of sp³-hybridized carbons (Fsp3) is 0.300. The highest BCUT2D eigenvalue weighted by molar-refractivity contribution is 7.89. The number of benzene rings is 2. The number of likely N-dealkylation sites (N-methyl/N-ethyl adjacent to an activating group) is 1. The van der Waals surface area contributed by atoms with Crippen molar-refractivity contribution in [2.75, 3.05) is 32.6 Å². The Morgan fingerprint density at radius 2 is 1.86 bits per heavy atom. The zero-order valence-electron chi connectivity index (χ0n) is 16.6. The summed E-state index contributed by atoms with van der Waals surface area (Å²) >= 11 is 1.28. The Balaban J connectivity index is 1.54. The van der Waals surface area contributed by atoms with E-state index < -0.39 is 10.0 Å². The van der Waals surface area contributed by atoms with Gasteiger partial charge in [0.1, 0.15) is 11.6 Å². The third-order valence-electron chi connectivity index (χ3n) is 4.55. The van der Waals surface area contributed by atoms with Gasteiger partial charge in [-0.25, -0.2) is 13.4 Å². The van der Waals surface area contributed by atoms with Crippen molar-refractivity contribution in [3.05, 3.63) is 65.5 Å². The van der Waals surface area contributed by atoms with E-state index >= 15 is 0 Å². The first-order valence-electron chi connectivity index (χ1n) is 9.11. The minimum atomic E-state index is -3.55. The molecule has 1 N–H and O–H groups in total. The van der Waals surface area contributed by atoms with Crippen molar-refractivity contribution in [2.24, 2.45) is 0 Å². The Morgan fingerprint density at radius 3 is 2.55 bits per heavy atom. The average molecular weight is 433 g/mol. The number of nitrogens with zero attached hydrogens (tertiary/aromatic N) is 3. The highest BCUT2D eigenvalue weighted by Crippen LogP contribution is 2.19. The van der Waals surface area contributed by atoms with E-state index in [2.05, 4.69) is 33.7 Å². The molecule has 7 nitrogen and oxygen atoms in total. The summed E-state index contributed by atoms with van der Waals surface area (Å²) in [5, 5.41) is 3.84. The van der Waals surface area contributed by atoms with Crippen LogP contribution in [0.15, 0.2) is 53.4 Å². The summed E-state index contributed by atoms with van der Waals surface area (Å²) in [5.74, 6) is 1.37. The van der Waals surface area contributed by atoms with Crippen molar-refractivity contribution in [1.82, 2.24) is 13.7 Å². The molecule has 0 aliphatic rings. The number of ether oxygens (including phenoxy) is 1. The Morgan fingerprint density at radius 1 is 1.14 bits per heavy atom. The van der Waals surface area contributed by atoms with Gasteiger partial charge >= 0.3 is 0 Å². The summed E-state index contributed by atoms with van der Waals surface area (Å²) in [6.45, 7) is 2.81. The van der Waals surface area contributed by atoms with Gasteiger partial charge in [0, 0.05) is 38.1 Å². The first kappa shape index (κ1) is 21.2. The first-order valence-corrected chi connectivity index (χ1v) is 11.3. The molecule has 0 saturated heterocycles. The van der Waals surface area contributed by atoms with Crippen molar-refractivity contribution in [1.29, 1.82) is 0 Å². The minimum Gasteiger partial charge on any atom is -0.497 e. The number of rotatable bonds is 9. The number of anilines is 1. The maximum atomic E-state index is 12.6. The predicted molar refractivity (Wildman–Crippen MR) is 115 cm³/mol. The summed E-state index contributed by atoms with van der Waals surface area (Å²) in [6.07, 6.45) is 0.677. The lowest BCUT2D eigenvalue weighted by Crippen LogP contribution is -2.31. The van der Waals surface area contributed by atoms with Crippen LogP contribution in [0.25, 0.3) is 0 Å². The van der Waals surface area contributed by atoms with Crippen LogP contribution in [0.1, 0.15) is 17.0 Å². The van der Waals surface area contributed by atoms with Crippen LogP contribution in [0.3, 0.4) is 0 Å². The molecule has 1 heterocycles. The number of aromatic nitrogens is 2. The topological polar surface area (TPSA) is 84.4 Å². The molecule has 0 saturated carbocycles. The zero-order chi connectivity index (χ0) is 20.9. The van der Waals surface area contributed by atoms with Crippen LogP contribution < -0.4 is 10.1 Å². The molecule has 3 aromatic rings. The maximum absolute atomic E-state index is 12.6. The molecule has 0 unspecified atom stereocenters. The molecule has 0 aliphatic heterocycles. The first-order chi connectivity index (χ1) is 13.9. The molecule has 0 aliphatic carbocycles. The van der Waals surface area contributed by atoms with Crippen LogP contribution in [-0.2, 0) is 16.4 Å². The largest absolute Gasteiger partial charge is 0.497 e. The van der Waals surface area contributed by atoms with Crippen molar-refractivity contribution < 1.29 is 13.2 Å². The molecule has 0 amide bonds. The number of nitrogens with one attached hydrogen (secondary N) is 1. The summed E-state index contributed by atoms with van der Waals surface area (Å²) in [5.41, 5.74) is 2.41. The minimum absolute atomic E-state index is 0.234. The molecule has 154 valence electrons. The van der Waals surface area contributed by atoms with Crippen LogP contribution in [0.5, 0.6) is 5.75 Å². The van der Waals surface area contributed by atoms with Crippen LogP contribution in [-0.4, -0.2) is 49.3 Å². The van der Waals surface area contributed by atoms with E-state index in [-0.39, 0.29) is 4.90 Å². The number of aryl methyl sites for hydroxylation is 1. The monoisotopic (exact) mass is 432 g/mol. The summed E-state index contributed by atoms with van der Waals surface area (Å²) in [6, 6.07) is 14.5. The van der Waals surface area contributed by atoms with E-state index in [0.29, 0.717) is 30.4 Å². The van der Waals surface area contributed by atoms with Gasteiger partial charge in [-0.3, -0.25) is 0 Å². The highest BCUT2D eigenvalue weighted by Gasteiger charge is 2.20. The molecule has 1 aromatic heterocycles. The third-order valence-corrected chi connectivity index (χ3v) is 7.13. The van der Waals surface area contributed by atoms with E-state index in [0.717, 1.165) is 5.82 Å². The summed E-state index contributed by atoms with van der Waals surface area (Å²) in [7, 11) is -0.450. The molecule has 0 spiro atoms. The van der Waals surface area contributed by atoms with E-state index in [1.165, 1.54) is 27.0 Å². The second-order valence-electron chi connectivity index (χ2n) is 6.55. The fourth-order valence-electron chi connectivity index (χ4n) is 2.74. The maximum Gasteiger partial charge on any atom is 0.242 e. The van der Waals surface area contributed by atoms with Gasteiger partial charge in [0.05, 0.1) is 12.0 Å². The lowest BCUT2D eigenvalue weighted by atomic mass is 10.1. The second kappa shape index (κ2) is 9.34.